The summed E-state index contributed by atoms with van der Waals surface area (Å²) in [6.07, 6.45) is 5.50. The molecule has 1 N–H and O–H groups in total. The monoisotopic (exact) mass is 247 g/mol. The quantitative estimate of drug-likeness (QED) is 0.851. The summed E-state index contributed by atoms with van der Waals surface area (Å²) in [4.78, 5) is 0. The van der Waals surface area contributed by atoms with Crippen molar-refractivity contribution < 1.29 is 4.42 Å². The Bertz CT molecular complexity index is 393. The lowest BCUT2D eigenvalue weighted by molar-refractivity contribution is 0.292. The number of hydrogen-bond donors (Lipinski definition) is 1. The fraction of sp³-hybridized carbons (Fsp3) is 0.750. The molecule has 1 aromatic rings. The van der Waals surface area contributed by atoms with E-state index >= 15 is 0 Å². The molecule has 0 radical (unpaired) electrons. The van der Waals surface area contributed by atoms with Crippen LogP contribution in [-0.4, -0.2) is 6.54 Å². The molecule has 0 amide bonds. The van der Waals surface area contributed by atoms with Gasteiger partial charge < -0.3 is 9.73 Å². The summed E-state index contributed by atoms with van der Waals surface area (Å²) in [5, 5.41) is 3.72. The first kappa shape index (κ1) is 12.3. The third-order valence-corrected chi connectivity index (χ3v) is 4.86. The number of rotatable bonds is 5. The molecule has 0 aliphatic heterocycles. The molecular weight excluding hydrogens is 222 g/mol. The van der Waals surface area contributed by atoms with Gasteiger partial charge in [-0.3, -0.25) is 0 Å². The van der Waals surface area contributed by atoms with E-state index in [0.29, 0.717) is 6.04 Å². The van der Waals surface area contributed by atoms with Crippen LogP contribution in [0.2, 0.25) is 0 Å². The van der Waals surface area contributed by atoms with Crippen LogP contribution < -0.4 is 5.32 Å². The Morgan fingerprint density at radius 1 is 1.28 bits per heavy atom. The second-order valence-corrected chi connectivity index (χ2v) is 6.31. The topological polar surface area (TPSA) is 25.2 Å². The molecule has 18 heavy (non-hydrogen) atoms. The third-order valence-electron chi connectivity index (χ3n) is 4.86. The molecule has 1 aromatic heterocycles. The molecular formula is C16H25NO. The lowest BCUT2D eigenvalue weighted by Crippen LogP contribution is -2.28. The Morgan fingerprint density at radius 3 is 2.56 bits per heavy atom. The van der Waals surface area contributed by atoms with Crippen molar-refractivity contribution in [1.29, 1.82) is 0 Å². The van der Waals surface area contributed by atoms with Crippen LogP contribution in [0, 0.1) is 31.6 Å². The summed E-state index contributed by atoms with van der Waals surface area (Å²) in [5.41, 5.74) is 1.29. The fourth-order valence-electron chi connectivity index (χ4n) is 3.59. The fourth-order valence-corrected chi connectivity index (χ4v) is 3.59. The van der Waals surface area contributed by atoms with E-state index in [2.05, 4.69) is 32.2 Å². The highest BCUT2D eigenvalue weighted by molar-refractivity contribution is 5.22. The van der Waals surface area contributed by atoms with E-state index in [0.717, 1.165) is 30.1 Å². The van der Waals surface area contributed by atoms with E-state index in [1.54, 1.807) is 0 Å². The zero-order valence-electron chi connectivity index (χ0n) is 11.8. The Labute approximate surface area is 110 Å². The van der Waals surface area contributed by atoms with Gasteiger partial charge in [-0.1, -0.05) is 6.92 Å². The largest absolute Gasteiger partial charge is 0.464 e. The smallest absolute Gasteiger partial charge is 0.121 e. The van der Waals surface area contributed by atoms with E-state index in [4.69, 9.17) is 4.42 Å². The van der Waals surface area contributed by atoms with Gasteiger partial charge in [0, 0.05) is 0 Å². The van der Waals surface area contributed by atoms with Gasteiger partial charge in [-0.2, -0.15) is 0 Å². The summed E-state index contributed by atoms with van der Waals surface area (Å²) >= 11 is 0. The van der Waals surface area contributed by atoms with Gasteiger partial charge in [-0.05, 0) is 75.5 Å². The molecule has 0 bridgehead atoms. The van der Waals surface area contributed by atoms with Gasteiger partial charge in [0.1, 0.15) is 11.5 Å². The van der Waals surface area contributed by atoms with Crippen LogP contribution in [0.15, 0.2) is 10.5 Å². The molecule has 2 heteroatoms. The number of nitrogens with one attached hydrogen (secondary N) is 1. The summed E-state index contributed by atoms with van der Waals surface area (Å²) in [7, 11) is 0. The maximum atomic E-state index is 5.97. The molecule has 100 valence electrons. The maximum Gasteiger partial charge on any atom is 0.121 e. The number of furan rings is 1. The minimum Gasteiger partial charge on any atom is -0.464 e. The minimum absolute atomic E-state index is 0.449. The molecule has 0 aromatic carbocycles. The van der Waals surface area contributed by atoms with Crippen molar-refractivity contribution in [3.63, 3.8) is 0 Å². The van der Waals surface area contributed by atoms with E-state index in [-0.39, 0.29) is 0 Å². The zero-order valence-corrected chi connectivity index (χ0v) is 11.8. The van der Waals surface area contributed by atoms with Crippen molar-refractivity contribution in [3.05, 3.63) is 23.2 Å². The lowest BCUT2D eigenvalue weighted by Gasteiger charge is -2.24. The van der Waals surface area contributed by atoms with Crippen LogP contribution in [0.25, 0.3) is 0 Å². The highest BCUT2D eigenvalue weighted by Gasteiger charge is 2.48. The van der Waals surface area contributed by atoms with Gasteiger partial charge in [0.2, 0.25) is 0 Å². The number of hydrogen-bond acceptors (Lipinski definition) is 2. The lowest BCUT2D eigenvalue weighted by atomic mass is 9.92. The molecule has 1 heterocycles. The normalized spacial score (nSPS) is 31.4. The average molecular weight is 247 g/mol. The Kier molecular flexibility index (Phi) is 3.23. The maximum absolute atomic E-state index is 5.97. The van der Waals surface area contributed by atoms with Gasteiger partial charge >= 0.3 is 0 Å². The Morgan fingerprint density at radius 2 is 2.00 bits per heavy atom. The number of fused-ring (bicyclic) bond motifs is 1. The standard InChI is InChI=1S/C16H25NO/c1-4-5-17-16(14-8-12-7-13(12)9-14)15-6-10(2)11(3)18-15/h6,12-14,16-17H,4-5,7-9H2,1-3H3. The van der Waals surface area contributed by atoms with Crippen LogP contribution in [0.5, 0.6) is 0 Å². The van der Waals surface area contributed by atoms with Crippen LogP contribution in [0.3, 0.4) is 0 Å². The molecule has 0 spiro atoms. The molecule has 2 aliphatic carbocycles. The SMILES string of the molecule is CCCNC(c1cc(C)c(C)o1)C1CC2CC2C1. The van der Waals surface area contributed by atoms with Crippen LogP contribution in [-0.2, 0) is 0 Å². The summed E-state index contributed by atoms with van der Waals surface area (Å²) in [6.45, 7) is 7.54. The predicted molar refractivity (Wildman–Crippen MR) is 73.5 cm³/mol. The van der Waals surface area contributed by atoms with Crippen molar-refractivity contribution in [1.82, 2.24) is 5.32 Å². The van der Waals surface area contributed by atoms with Gasteiger partial charge in [-0.25, -0.2) is 0 Å². The molecule has 2 nitrogen and oxygen atoms in total. The first-order valence-corrected chi connectivity index (χ1v) is 7.49. The Hall–Kier alpha value is -0.760. The molecule has 2 fully saturated rings. The summed E-state index contributed by atoms with van der Waals surface area (Å²) in [5.74, 6) is 5.13. The van der Waals surface area contributed by atoms with E-state index < -0.39 is 0 Å². The number of aryl methyl sites for hydroxylation is 2. The van der Waals surface area contributed by atoms with Gasteiger partial charge in [0.15, 0.2) is 0 Å². The van der Waals surface area contributed by atoms with Gasteiger partial charge in [0.25, 0.3) is 0 Å². The van der Waals surface area contributed by atoms with Crippen LogP contribution in [0.1, 0.15) is 55.7 Å². The highest BCUT2D eigenvalue weighted by Crippen LogP contribution is 2.57. The van der Waals surface area contributed by atoms with Gasteiger partial charge in [-0.15, -0.1) is 0 Å². The molecule has 0 saturated heterocycles. The van der Waals surface area contributed by atoms with Crippen LogP contribution in [0.4, 0.5) is 0 Å². The zero-order chi connectivity index (χ0) is 12.7. The summed E-state index contributed by atoms with van der Waals surface area (Å²) in [6, 6.07) is 2.69. The van der Waals surface area contributed by atoms with Crippen molar-refractivity contribution in [2.75, 3.05) is 6.54 Å². The second kappa shape index (κ2) is 4.73. The van der Waals surface area contributed by atoms with E-state index in [9.17, 15) is 0 Å². The first-order valence-electron chi connectivity index (χ1n) is 7.49. The third kappa shape index (κ3) is 2.23. The van der Waals surface area contributed by atoms with Crippen molar-refractivity contribution in [2.45, 2.75) is 52.5 Å². The molecule has 3 rings (SSSR count). The van der Waals surface area contributed by atoms with Gasteiger partial charge in [0.05, 0.1) is 6.04 Å². The highest BCUT2D eigenvalue weighted by atomic mass is 16.3. The van der Waals surface area contributed by atoms with Crippen molar-refractivity contribution in [3.8, 4) is 0 Å². The molecule has 2 saturated carbocycles. The van der Waals surface area contributed by atoms with Crippen LogP contribution >= 0.6 is 0 Å². The molecule has 3 atom stereocenters. The average Bonchev–Trinajstić information content (AvgIpc) is 2.81. The summed E-state index contributed by atoms with van der Waals surface area (Å²) < 4.78 is 5.97. The van der Waals surface area contributed by atoms with E-state index in [1.807, 2.05) is 0 Å². The van der Waals surface area contributed by atoms with Crippen molar-refractivity contribution in [2.24, 2.45) is 17.8 Å². The van der Waals surface area contributed by atoms with E-state index in [1.165, 1.54) is 37.0 Å². The first-order chi connectivity index (χ1) is 8.69. The van der Waals surface area contributed by atoms with Crippen molar-refractivity contribution >= 4 is 0 Å². The second-order valence-electron chi connectivity index (χ2n) is 6.31. The molecule has 3 unspecified atom stereocenters. The molecule has 2 aliphatic rings. The minimum atomic E-state index is 0.449. The Balaban J connectivity index is 1.75. The predicted octanol–water partition coefficient (Wildman–Crippen LogP) is 3.98.